The zero-order valence-corrected chi connectivity index (χ0v) is 16.9. The molecule has 0 nitrogen and oxygen atoms in total. The van der Waals surface area contributed by atoms with Crippen molar-refractivity contribution in [1.29, 1.82) is 0 Å². The molecule has 27 heavy (non-hydrogen) atoms. The lowest BCUT2D eigenvalue weighted by atomic mass is 9.59. The van der Waals surface area contributed by atoms with Crippen LogP contribution >= 0.6 is 0 Å². The fraction of sp³-hybridized carbons (Fsp3) is 0.259. The molecule has 3 aromatic rings. The SMILES string of the molecule is C=CC1=C2/C(=C\C)C(C)(C)c3cccc4cc5cccc(c5c2c34)C1(C)C. The Balaban J connectivity index is 2.20. The van der Waals surface area contributed by atoms with Gasteiger partial charge in [-0.05, 0) is 67.9 Å². The van der Waals surface area contributed by atoms with Gasteiger partial charge in [-0.15, -0.1) is 0 Å². The summed E-state index contributed by atoms with van der Waals surface area (Å²) in [4.78, 5) is 0. The average molecular weight is 351 g/mol. The normalized spacial score (nSPS) is 20.7. The number of rotatable bonds is 1. The lowest BCUT2D eigenvalue weighted by molar-refractivity contribution is 0.620. The molecule has 0 aromatic heterocycles. The van der Waals surface area contributed by atoms with Gasteiger partial charge < -0.3 is 0 Å². The maximum atomic E-state index is 4.25. The number of benzene rings is 3. The Morgan fingerprint density at radius 2 is 1.37 bits per heavy atom. The Bertz CT molecular complexity index is 1200. The molecule has 0 saturated carbocycles. The summed E-state index contributed by atoms with van der Waals surface area (Å²) < 4.78 is 0. The second-order valence-corrected chi connectivity index (χ2v) is 9.00. The van der Waals surface area contributed by atoms with Crippen LogP contribution in [0.25, 0.3) is 27.1 Å². The topological polar surface area (TPSA) is 0 Å². The minimum atomic E-state index is -0.0616. The van der Waals surface area contributed by atoms with E-state index in [0.29, 0.717) is 0 Å². The fourth-order valence-electron chi connectivity index (χ4n) is 5.72. The molecule has 0 N–H and O–H groups in total. The first-order valence-corrected chi connectivity index (χ1v) is 9.88. The van der Waals surface area contributed by atoms with E-state index in [-0.39, 0.29) is 10.8 Å². The van der Waals surface area contributed by atoms with Crippen LogP contribution in [0.3, 0.4) is 0 Å². The van der Waals surface area contributed by atoms with Gasteiger partial charge in [-0.2, -0.15) is 0 Å². The van der Waals surface area contributed by atoms with Crippen molar-refractivity contribution in [3.63, 3.8) is 0 Å². The fourth-order valence-corrected chi connectivity index (χ4v) is 5.72. The molecule has 134 valence electrons. The van der Waals surface area contributed by atoms with E-state index in [1.54, 1.807) is 0 Å². The van der Waals surface area contributed by atoms with E-state index in [4.69, 9.17) is 0 Å². The maximum absolute atomic E-state index is 4.25. The lowest BCUT2D eigenvalue weighted by Gasteiger charge is -2.44. The number of hydrogen-bond acceptors (Lipinski definition) is 0. The molecule has 0 spiro atoms. The van der Waals surface area contributed by atoms with Gasteiger partial charge in [0.1, 0.15) is 0 Å². The van der Waals surface area contributed by atoms with E-state index in [0.717, 1.165) is 0 Å². The number of allylic oxidation sites excluding steroid dienone is 5. The summed E-state index contributed by atoms with van der Waals surface area (Å²) in [5.74, 6) is 0. The molecular formula is C27H26. The zero-order chi connectivity index (χ0) is 19.1. The first kappa shape index (κ1) is 16.6. The molecule has 2 aliphatic carbocycles. The van der Waals surface area contributed by atoms with Crippen molar-refractivity contribution in [2.24, 2.45) is 0 Å². The summed E-state index contributed by atoms with van der Waals surface area (Å²) in [5.41, 5.74) is 8.38. The van der Waals surface area contributed by atoms with Crippen molar-refractivity contribution in [1.82, 2.24) is 0 Å². The van der Waals surface area contributed by atoms with Crippen LogP contribution in [-0.2, 0) is 10.8 Å². The smallest absolute Gasteiger partial charge is 0.0158 e. The van der Waals surface area contributed by atoms with Crippen LogP contribution in [0.2, 0.25) is 0 Å². The van der Waals surface area contributed by atoms with E-state index in [1.807, 2.05) is 0 Å². The Labute approximate surface area is 161 Å². The van der Waals surface area contributed by atoms with Crippen LogP contribution in [0.4, 0.5) is 0 Å². The van der Waals surface area contributed by atoms with E-state index in [2.05, 4.69) is 95.8 Å². The predicted octanol–water partition coefficient (Wildman–Crippen LogP) is 7.46. The quantitative estimate of drug-likeness (QED) is 0.399. The summed E-state index contributed by atoms with van der Waals surface area (Å²) in [6.07, 6.45) is 4.42. The van der Waals surface area contributed by atoms with E-state index < -0.39 is 0 Å². The van der Waals surface area contributed by atoms with Gasteiger partial charge in [0.15, 0.2) is 0 Å². The first-order chi connectivity index (χ1) is 12.8. The molecule has 0 bridgehead atoms. The van der Waals surface area contributed by atoms with Gasteiger partial charge in [-0.3, -0.25) is 0 Å². The summed E-state index contributed by atoms with van der Waals surface area (Å²) in [6.45, 7) is 15.9. The molecule has 5 rings (SSSR count). The van der Waals surface area contributed by atoms with Crippen molar-refractivity contribution < 1.29 is 0 Å². The molecule has 0 heteroatoms. The highest BCUT2D eigenvalue weighted by Gasteiger charge is 2.43. The molecule has 0 radical (unpaired) electrons. The second kappa shape index (κ2) is 5.01. The molecule has 0 saturated heterocycles. The van der Waals surface area contributed by atoms with Gasteiger partial charge in [0, 0.05) is 10.8 Å². The molecule has 0 heterocycles. The third-order valence-corrected chi connectivity index (χ3v) is 6.98. The molecule has 0 atom stereocenters. The molecule has 0 unspecified atom stereocenters. The average Bonchev–Trinajstić information content (AvgIpc) is 2.63. The van der Waals surface area contributed by atoms with Gasteiger partial charge in [0.2, 0.25) is 0 Å². The lowest BCUT2D eigenvalue weighted by Crippen LogP contribution is -2.32. The molecular weight excluding hydrogens is 324 g/mol. The zero-order valence-electron chi connectivity index (χ0n) is 16.9. The van der Waals surface area contributed by atoms with Crippen LogP contribution in [0, 0.1) is 0 Å². The van der Waals surface area contributed by atoms with Crippen LogP contribution in [0.5, 0.6) is 0 Å². The van der Waals surface area contributed by atoms with Crippen LogP contribution < -0.4 is 0 Å². The Hall–Kier alpha value is -2.60. The molecule has 0 aliphatic heterocycles. The Kier molecular flexibility index (Phi) is 3.07. The van der Waals surface area contributed by atoms with Crippen molar-refractivity contribution in [2.75, 3.05) is 0 Å². The number of hydrogen-bond donors (Lipinski definition) is 0. The summed E-state index contributed by atoms with van der Waals surface area (Å²) in [6, 6.07) is 16.0. The molecule has 2 aliphatic rings. The molecule has 3 aromatic carbocycles. The van der Waals surface area contributed by atoms with Gasteiger partial charge in [0.25, 0.3) is 0 Å². The summed E-state index contributed by atoms with van der Waals surface area (Å²) >= 11 is 0. The predicted molar refractivity (Wildman–Crippen MR) is 118 cm³/mol. The van der Waals surface area contributed by atoms with Crippen LogP contribution in [0.15, 0.2) is 72.3 Å². The van der Waals surface area contributed by atoms with Gasteiger partial charge in [-0.25, -0.2) is 0 Å². The van der Waals surface area contributed by atoms with Crippen LogP contribution in [0.1, 0.15) is 51.3 Å². The van der Waals surface area contributed by atoms with E-state index in [1.165, 1.54) is 55.0 Å². The molecule has 0 amide bonds. The maximum Gasteiger partial charge on any atom is 0.0158 e. The molecule has 0 fully saturated rings. The van der Waals surface area contributed by atoms with Gasteiger partial charge in [0.05, 0.1) is 0 Å². The van der Waals surface area contributed by atoms with Gasteiger partial charge >= 0.3 is 0 Å². The van der Waals surface area contributed by atoms with E-state index >= 15 is 0 Å². The highest BCUT2D eigenvalue weighted by Crippen LogP contribution is 2.58. The van der Waals surface area contributed by atoms with Crippen molar-refractivity contribution in [3.8, 4) is 0 Å². The van der Waals surface area contributed by atoms with Crippen LogP contribution in [-0.4, -0.2) is 0 Å². The second-order valence-electron chi connectivity index (χ2n) is 9.00. The highest BCUT2D eigenvalue weighted by molar-refractivity contribution is 6.18. The van der Waals surface area contributed by atoms with Crippen molar-refractivity contribution in [3.05, 3.63) is 89.0 Å². The summed E-state index contributed by atoms with van der Waals surface area (Å²) in [7, 11) is 0. The van der Waals surface area contributed by atoms with E-state index in [9.17, 15) is 0 Å². The first-order valence-electron chi connectivity index (χ1n) is 9.88. The van der Waals surface area contributed by atoms with Crippen molar-refractivity contribution >= 4 is 27.1 Å². The monoisotopic (exact) mass is 350 g/mol. The highest BCUT2D eigenvalue weighted by atomic mass is 14.5. The largest absolute Gasteiger partial charge is 0.0987 e. The minimum absolute atomic E-state index is 0.0269. The third kappa shape index (κ3) is 1.79. The summed E-state index contributed by atoms with van der Waals surface area (Å²) in [5, 5.41) is 5.54. The minimum Gasteiger partial charge on any atom is -0.0987 e. The van der Waals surface area contributed by atoms with Gasteiger partial charge in [-0.1, -0.05) is 82.8 Å². The Morgan fingerprint density at radius 3 is 1.89 bits per heavy atom. The standard InChI is InChI=1S/C27H26/c1-7-18-24-19(8-2)27(5,6)21-14-10-12-17-15-16-11-9-13-20(26(18,3)4)22(16)25(24)23(17)21/h7-15H,1H2,2-6H3/b19-8+. The Morgan fingerprint density at radius 1 is 0.815 bits per heavy atom. The van der Waals surface area contributed by atoms with Crippen molar-refractivity contribution in [2.45, 2.75) is 45.4 Å². The third-order valence-electron chi connectivity index (χ3n) is 6.98.